The maximum atomic E-state index is 11.8. The number of amides is 1. The Morgan fingerprint density at radius 3 is 2.26 bits per heavy atom. The minimum absolute atomic E-state index is 0.0197. The zero-order chi connectivity index (χ0) is 18.4. The average Bonchev–Trinajstić information content (AvgIpc) is 2.44. The largest absolute Gasteiger partial charge is 0.451 e. The molecule has 0 aliphatic carbocycles. The van der Waals surface area contributed by atoms with Gasteiger partial charge in [-0.1, -0.05) is 6.58 Å². The number of hydrogen-bond donors (Lipinski definition) is 0. The number of likely N-dealkylation sites (tertiary alicyclic amines) is 1. The Kier molecular flexibility index (Phi) is 7.44. The van der Waals surface area contributed by atoms with E-state index in [1.807, 2.05) is 0 Å². The Balaban J connectivity index is 0.000000433. The summed E-state index contributed by atoms with van der Waals surface area (Å²) in [6, 6.07) is 0. The lowest BCUT2D eigenvalue weighted by Crippen LogP contribution is -2.51. The second kappa shape index (κ2) is 8.30. The summed E-state index contributed by atoms with van der Waals surface area (Å²) in [5.41, 5.74) is -1.62. The summed E-state index contributed by atoms with van der Waals surface area (Å²) in [5.74, 6) is -1.96. The van der Waals surface area contributed by atoms with Crippen LogP contribution in [0.1, 0.15) is 20.3 Å². The van der Waals surface area contributed by atoms with Crippen molar-refractivity contribution in [3.63, 3.8) is 0 Å². The minimum atomic E-state index is -4.82. The molecule has 130 valence electrons. The Morgan fingerprint density at radius 2 is 1.96 bits per heavy atom. The summed E-state index contributed by atoms with van der Waals surface area (Å²) in [4.78, 5) is 42.8. The monoisotopic (exact) mass is 339 g/mol. The van der Waals surface area contributed by atoms with Crippen LogP contribution in [0.2, 0.25) is 0 Å². The van der Waals surface area contributed by atoms with Crippen LogP contribution in [-0.2, 0) is 28.7 Å². The van der Waals surface area contributed by atoms with Gasteiger partial charge in [-0.05, 0) is 6.92 Å². The predicted octanol–water partition coefficient (Wildman–Crippen LogP) is 0.973. The number of alkyl halides is 3. The van der Waals surface area contributed by atoms with Gasteiger partial charge in [0.15, 0.2) is 18.6 Å². The highest BCUT2D eigenvalue weighted by Crippen LogP contribution is 2.25. The molecular formula is C13H16F3NO6. The van der Waals surface area contributed by atoms with Crippen molar-refractivity contribution in [2.45, 2.75) is 38.8 Å². The molecule has 1 fully saturated rings. The maximum Gasteiger partial charge on any atom is 0.422 e. The van der Waals surface area contributed by atoms with Crippen LogP contribution in [0.4, 0.5) is 13.2 Å². The van der Waals surface area contributed by atoms with E-state index in [4.69, 9.17) is 4.74 Å². The molecule has 0 aromatic rings. The van der Waals surface area contributed by atoms with E-state index in [0.717, 1.165) is 6.92 Å². The topological polar surface area (TPSA) is 90.0 Å². The van der Waals surface area contributed by atoms with Gasteiger partial charge in [0.25, 0.3) is 0 Å². The summed E-state index contributed by atoms with van der Waals surface area (Å²) < 4.78 is 44.1. The molecule has 23 heavy (non-hydrogen) atoms. The molecular weight excluding hydrogens is 323 g/mol. The van der Waals surface area contributed by atoms with E-state index in [2.05, 4.69) is 11.3 Å². The van der Waals surface area contributed by atoms with Gasteiger partial charge in [0.05, 0.1) is 6.42 Å². The van der Waals surface area contributed by atoms with Crippen LogP contribution in [0.25, 0.3) is 0 Å². The summed E-state index contributed by atoms with van der Waals surface area (Å²) >= 11 is 0. The van der Waals surface area contributed by atoms with Crippen molar-refractivity contribution < 1.29 is 41.8 Å². The number of carbonyl (C=O) groups excluding carboxylic acids is 4. The van der Waals surface area contributed by atoms with Crippen molar-refractivity contribution in [3.8, 4) is 0 Å². The second-order valence-corrected chi connectivity index (χ2v) is 4.50. The molecule has 1 heterocycles. The fraction of sp³-hybridized carbons (Fsp3) is 0.538. The zero-order valence-corrected chi connectivity index (χ0v) is 12.7. The SMILES string of the molecule is C=C(C(=O)OC(C)C=O)C(F)(F)F.CC(=O)OC1CC(=O)N1C. The first-order valence-corrected chi connectivity index (χ1v) is 6.25. The van der Waals surface area contributed by atoms with Gasteiger partial charge >= 0.3 is 18.1 Å². The summed E-state index contributed by atoms with van der Waals surface area (Å²) in [7, 11) is 1.61. The van der Waals surface area contributed by atoms with Gasteiger partial charge in [0.2, 0.25) is 5.91 Å². The van der Waals surface area contributed by atoms with Gasteiger partial charge in [0, 0.05) is 14.0 Å². The highest BCUT2D eigenvalue weighted by atomic mass is 19.4. The van der Waals surface area contributed by atoms with E-state index in [1.165, 1.54) is 11.8 Å². The average molecular weight is 339 g/mol. The molecule has 1 aliphatic heterocycles. The van der Waals surface area contributed by atoms with Crippen LogP contribution in [0.15, 0.2) is 12.2 Å². The molecule has 0 N–H and O–H groups in total. The number of aldehydes is 1. The lowest BCUT2D eigenvalue weighted by Gasteiger charge is -2.35. The van der Waals surface area contributed by atoms with Crippen molar-refractivity contribution in [1.82, 2.24) is 4.90 Å². The van der Waals surface area contributed by atoms with E-state index in [1.54, 1.807) is 7.05 Å². The van der Waals surface area contributed by atoms with Gasteiger partial charge in [-0.3, -0.25) is 14.4 Å². The molecule has 10 heteroatoms. The lowest BCUT2D eigenvalue weighted by molar-refractivity contribution is -0.178. The standard InChI is InChI=1S/C7H7F3O3.C6H9NO3/c1-4(3-11)13-6(12)5(2)7(8,9)10;1-4(8)10-6-3-5(9)7(6)2/h3-4H,2H2,1H3;6H,3H2,1-2H3. The molecule has 0 radical (unpaired) electrons. The summed E-state index contributed by atoms with van der Waals surface area (Å²) in [6.07, 6.45) is -5.80. The smallest absolute Gasteiger partial charge is 0.422 e. The van der Waals surface area contributed by atoms with E-state index in [0.29, 0.717) is 6.42 Å². The van der Waals surface area contributed by atoms with Crippen LogP contribution in [0.3, 0.4) is 0 Å². The highest BCUT2D eigenvalue weighted by molar-refractivity contribution is 5.90. The van der Waals surface area contributed by atoms with Crippen molar-refractivity contribution in [3.05, 3.63) is 12.2 Å². The third-order valence-electron chi connectivity index (χ3n) is 2.55. The molecule has 1 rings (SSSR count). The normalized spacial score (nSPS) is 17.9. The second-order valence-electron chi connectivity index (χ2n) is 4.50. The molecule has 7 nitrogen and oxygen atoms in total. The quantitative estimate of drug-likeness (QED) is 0.328. The van der Waals surface area contributed by atoms with Crippen LogP contribution >= 0.6 is 0 Å². The van der Waals surface area contributed by atoms with Gasteiger partial charge in [-0.25, -0.2) is 4.79 Å². The molecule has 0 saturated carbocycles. The van der Waals surface area contributed by atoms with Crippen LogP contribution in [-0.4, -0.2) is 54.6 Å². The number of halogens is 3. The van der Waals surface area contributed by atoms with E-state index >= 15 is 0 Å². The molecule has 1 saturated heterocycles. The third kappa shape index (κ3) is 6.94. The van der Waals surface area contributed by atoms with Gasteiger partial charge in [0.1, 0.15) is 5.57 Å². The van der Waals surface area contributed by atoms with E-state index in [-0.39, 0.29) is 24.4 Å². The Labute approximate surface area is 130 Å². The first kappa shape index (κ1) is 20.6. The number of β-lactam (4-membered cyclic amide) rings is 1. The van der Waals surface area contributed by atoms with Crippen LogP contribution in [0.5, 0.6) is 0 Å². The van der Waals surface area contributed by atoms with E-state index < -0.39 is 23.8 Å². The molecule has 2 unspecified atom stereocenters. The van der Waals surface area contributed by atoms with Crippen LogP contribution in [0, 0.1) is 0 Å². The molecule has 0 spiro atoms. The fourth-order valence-electron chi connectivity index (χ4n) is 1.17. The molecule has 0 aromatic heterocycles. The Bertz CT molecular complexity index is 502. The zero-order valence-electron chi connectivity index (χ0n) is 12.7. The van der Waals surface area contributed by atoms with E-state index in [9.17, 15) is 32.3 Å². The number of esters is 2. The number of nitrogens with zero attached hydrogens (tertiary/aromatic N) is 1. The lowest BCUT2D eigenvalue weighted by atomic mass is 10.2. The summed E-state index contributed by atoms with van der Waals surface area (Å²) in [6.45, 7) is 4.98. The van der Waals surface area contributed by atoms with Crippen LogP contribution < -0.4 is 0 Å². The van der Waals surface area contributed by atoms with Crippen molar-refractivity contribution in [2.75, 3.05) is 7.05 Å². The fourth-order valence-corrected chi connectivity index (χ4v) is 1.17. The van der Waals surface area contributed by atoms with Crippen molar-refractivity contribution in [2.24, 2.45) is 0 Å². The molecule has 0 bridgehead atoms. The first-order valence-electron chi connectivity index (χ1n) is 6.25. The van der Waals surface area contributed by atoms with Gasteiger partial charge in [-0.15, -0.1) is 0 Å². The minimum Gasteiger partial charge on any atom is -0.451 e. The van der Waals surface area contributed by atoms with Crippen molar-refractivity contribution >= 4 is 24.1 Å². The van der Waals surface area contributed by atoms with Gasteiger partial charge < -0.3 is 14.4 Å². The molecule has 1 amide bonds. The highest BCUT2D eigenvalue weighted by Gasteiger charge is 2.38. The molecule has 0 aromatic carbocycles. The predicted molar refractivity (Wildman–Crippen MR) is 69.8 cm³/mol. The third-order valence-corrected chi connectivity index (χ3v) is 2.55. The number of rotatable bonds is 4. The first-order chi connectivity index (χ1) is 10.4. The number of ether oxygens (including phenoxy) is 2. The Hall–Kier alpha value is -2.39. The Morgan fingerprint density at radius 1 is 1.43 bits per heavy atom. The molecule has 1 aliphatic rings. The van der Waals surface area contributed by atoms with Crippen molar-refractivity contribution in [1.29, 1.82) is 0 Å². The maximum absolute atomic E-state index is 11.8. The van der Waals surface area contributed by atoms with Gasteiger partial charge in [-0.2, -0.15) is 13.2 Å². The molecule has 2 atom stereocenters. The number of carbonyl (C=O) groups is 4. The summed E-state index contributed by atoms with van der Waals surface area (Å²) in [5, 5.41) is 0. The number of hydrogen-bond acceptors (Lipinski definition) is 6.